The van der Waals surface area contributed by atoms with Gasteiger partial charge in [0.05, 0.1) is 6.61 Å². The Labute approximate surface area is 205 Å². The second kappa shape index (κ2) is 14.2. The van der Waals surface area contributed by atoms with Gasteiger partial charge in [0.15, 0.2) is 0 Å². The van der Waals surface area contributed by atoms with Crippen LogP contribution in [0.15, 0.2) is 12.2 Å². The monoisotopic (exact) mass is 480 g/mol. The number of ether oxygens (including phenoxy) is 2. The predicted octanol–water partition coefficient (Wildman–Crippen LogP) is 3.81. The Morgan fingerprint density at radius 3 is 1.68 bits per heavy atom. The number of hydrogen-bond acceptors (Lipinski definition) is 6. The van der Waals surface area contributed by atoms with Crippen LogP contribution in [0.25, 0.3) is 0 Å². The molecule has 34 heavy (non-hydrogen) atoms. The molecule has 2 N–H and O–H groups in total. The predicted molar refractivity (Wildman–Crippen MR) is 132 cm³/mol. The molecule has 0 aromatic carbocycles. The highest BCUT2D eigenvalue weighted by atomic mass is 16.6. The van der Waals surface area contributed by atoms with Crippen LogP contribution in [0, 0.1) is 23.7 Å². The summed E-state index contributed by atoms with van der Waals surface area (Å²) in [5, 5.41) is 17.3. The summed E-state index contributed by atoms with van der Waals surface area (Å²) in [7, 11) is 0. The van der Waals surface area contributed by atoms with E-state index in [0.717, 1.165) is 38.8 Å². The quantitative estimate of drug-likeness (QED) is 0.461. The van der Waals surface area contributed by atoms with E-state index in [0.29, 0.717) is 24.9 Å². The number of aliphatic hydroxyl groups is 2. The fraction of sp³-hybridized carbons (Fsp3) is 0.769. The van der Waals surface area contributed by atoms with Gasteiger partial charge in [0, 0.05) is 32.1 Å². The van der Waals surface area contributed by atoms with Crippen molar-refractivity contribution in [3.8, 4) is 11.8 Å². The summed E-state index contributed by atoms with van der Waals surface area (Å²) in [6.07, 6.45) is 6.93. The Bertz CT molecular complexity index is 710. The molecular weight excluding hydrogens is 436 g/mol. The van der Waals surface area contributed by atoms with Gasteiger partial charge in [-0.3, -0.25) is 0 Å². The average molecular weight is 481 g/mol. The van der Waals surface area contributed by atoms with Gasteiger partial charge in [0.2, 0.25) is 0 Å². The third kappa shape index (κ3) is 12.9. The molecule has 0 aromatic rings. The van der Waals surface area contributed by atoms with E-state index in [1.165, 1.54) is 0 Å². The number of nitrogens with zero attached hydrogens (tertiary/aromatic N) is 2. The van der Waals surface area contributed by atoms with Crippen molar-refractivity contribution in [2.24, 2.45) is 11.8 Å². The van der Waals surface area contributed by atoms with Crippen molar-refractivity contribution in [2.75, 3.05) is 39.4 Å². The van der Waals surface area contributed by atoms with Crippen molar-refractivity contribution in [1.29, 1.82) is 0 Å². The molecule has 194 valence electrons. The molecule has 0 aliphatic carbocycles. The molecule has 0 saturated carbocycles. The second-order valence-corrected chi connectivity index (χ2v) is 10.6. The van der Waals surface area contributed by atoms with Gasteiger partial charge in [-0.05, 0) is 73.1 Å². The second-order valence-electron chi connectivity index (χ2n) is 10.6. The van der Waals surface area contributed by atoms with Crippen molar-refractivity contribution < 1.29 is 29.3 Å². The fourth-order valence-corrected chi connectivity index (χ4v) is 3.58. The molecule has 0 aromatic heterocycles. The number of carbonyl (C=O) groups is 2. The maximum atomic E-state index is 11.8. The van der Waals surface area contributed by atoms with Crippen LogP contribution in [0.3, 0.4) is 0 Å². The zero-order valence-corrected chi connectivity index (χ0v) is 21.8. The zero-order chi connectivity index (χ0) is 25.8. The maximum Gasteiger partial charge on any atom is 0.410 e. The number of piperidine rings is 2. The Balaban J connectivity index is 0.000000340. The van der Waals surface area contributed by atoms with Crippen LogP contribution >= 0.6 is 0 Å². The zero-order valence-electron chi connectivity index (χ0n) is 21.8. The molecule has 2 rings (SSSR count). The van der Waals surface area contributed by atoms with Crippen LogP contribution in [-0.2, 0) is 9.47 Å². The molecule has 2 saturated heterocycles. The lowest BCUT2D eigenvalue weighted by Gasteiger charge is -2.32. The van der Waals surface area contributed by atoms with Crippen LogP contribution in [0.5, 0.6) is 0 Å². The molecule has 2 amide bonds. The number of rotatable bonds is 2. The molecule has 2 heterocycles. The van der Waals surface area contributed by atoms with Gasteiger partial charge >= 0.3 is 12.2 Å². The van der Waals surface area contributed by atoms with Gasteiger partial charge in [0.25, 0.3) is 0 Å². The first-order valence-corrected chi connectivity index (χ1v) is 12.2. The summed E-state index contributed by atoms with van der Waals surface area (Å²) >= 11 is 0. The van der Waals surface area contributed by atoms with Crippen LogP contribution in [-0.4, -0.2) is 82.8 Å². The van der Waals surface area contributed by atoms with Crippen molar-refractivity contribution in [1.82, 2.24) is 9.80 Å². The minimum atomic E-state index is -0.440. The standard InChI is InChI=1S/C13H23NO3.C13H21NO3/c2*1-13(2,3)17-12(16)14-8-6-11(7-9-14)5-4-10-15/h4-5,11,15H,6-10H2,1-3H3;11,15H,6-10H2,1-3H3/b5-4-;. The van der Waals surface area contributed by atoms with Crippen LogP contribution in [0.1, 0.15) is 67.2 Å². The van der Waals surface area contributed by atoms with Crippen LogP contribution in [0.4, 0.5) is 9.59 Å². The van der Waals surface area contributed by atoms with E-state index in [4.69, 9.17) is 19.7 Å². The number of likely N-dealkylation sites (tertiary alicyclic amines) is 2. The number of hydrogen-bond donors (Lipinski definition) is 2. The molecule has 0 atom stereocenters. The fourth-order valence-electron chi connectivity index (χ4n) is 3.58. The number of allylic oxidation sites excluding steroid dienone is 1. The van der Waals surface area contributed by atoms with E-state index in [1.807, 2.05) is 47.6 Å². The van der Waals surface area contributed by atoms with Gasteiger partial charge in [-0.2, -0.15) is 0 Å². The molecule has 8 heteroatoms. The highest BCUT2D eigenvalue weighted by molar-refractivity contribution is 5.68. The van der Waals surface area contributed by atoms with Crippen LogP contribution < -0.4 is 0 Å². The molecular formula is C26H44N2O6. The Morgan fingerprint density at radius 1 is 0.853 bits per heavy atom. The van der Waals surface area contributed by atoms with Crippen molar-refractivity contribution in [2.45, 2.75) is 78.4 Å². The first-order chi connectivity index (χ1) is 15.8. The first kappa shape index (κ1) is 29.8. The SMILES string of the molecule is CC(C)(C)OC(=O)N1CCC(/C=C\CO)CC1.CC(C)(C)OC(=O)N1CCC(C#CCO)CC1. The minimum absolute atomic E-state index is 0.0896. The maximum absolute atomic E-state index is 11.8. The van der Waals surface area contributed by atoms with Crippen LogP contribution in [0.2, 0.25) is 0 Å². The van der Waals surface area contributed by atoms with Gasteiger partial charge in [-0.1, -0.05) is 24.0 Å². The number of carbonyl (C=O) groups excluding carboxylic acids is 2. The molecule has 8 nitrogen and oxygen atoms in total. The molecule has 0 radical (unpaired) electrons. The van der Waals surface area contributed by atoms with E-state index in [1.54, 1.807) is 15.9 Å². The summed E-state index contributed by atoms with van der Waals surface area (Å²) in [6, 6.07) is 0. The summed E-state index contributed by atoms with van der Waals surface area (Å²) in [5.41, 5.74) is -0.866. The van der Waals surface area contributed by atoms with Gasteiger partial charge in [-0.25, -0.2) is 9.59 Å². The number of amides is 2. The van der Waals surface area contributed by atoms with E-state index < -0.39 is 11.2 Å². The van der Waals surface area contributed by atoms with E-state index in [9.17, 15) is 9.59 Å². The molecule has 0 unspecified atom stereocenters. The normalized spacial score (nSPS) is 18.0. The topological polar surface area (TPSA) is 99.5 Å². The lowest BCUT2D eigenvalue weighted by Crippen LogP contribution is -2.41. The molecule has 0 spiro atoms. The van der Waals surface area contributed by atoms with Gasteiger partial charge in [0.1, 0.15) is 17.8 Å². The Hall–Kier alpha value is -2.24. The van der Waals surface area contributed by atoms with E-state index in [-0.39, 0.29) is 25.4 Å². The molecule has 2 aliphatic rings. The number of aliphatic hydroxyl groups excluding tert-OH is 2. The van der Waals surface area contributed by atoms with E-state index >= 15 is 0 Å². The summed E-state index contributed by atoms with van der Waals surface area (Å²) in [6.45, 7) is 14.0. The van der Waals surface area contributed by atoms with E-state index in [2.05, 4.69) is 11.8 Å². The summed E-state index contributed by atoms with van der Waals surface area (Å²) in [4.78, 5) is 27.0. The highest BCUT2D eigenvalue weighted by Crippen LogP contribution is 2.21. The third-order valence-corrected chi connectivity index (χ3v) is 5.24. The average Bonchev–Trinajstić information content (AvgIpc) is 2.75. The highest BCUT2D eigenvalue weighted by Gasteiger charge is 2.27. The van der Waals surface area contributed by atoms with Crippen molar-refractivity contribution >= 4 is 12.2 Å². The molecule has 2 aliphatic heterocycles. The largest absolute Gasteiger partial charge is 0.444 e. The Kier molecular flexibility index (Phi) is 12.5. The smallest absolute Gasteiger partial charge is 0.410 e. The first-order valence-electron chi connectivity index (χ1n) is 12.2. The molecule has 2 fully saturated rings. The molecule has 0 bridgehead atoms. The third-order valence-electron chi connectivity index (χ3n) is 5.24. The summed E-state index contributed by atoms with van der Waals surface area (Å²) < 4.78 is 10.6. The van der Waals surface area contributed by atoms with Gasteiger partial charge < -0.3 is 29.5 Å². The minimum Gasteiger partial charge on any atom is -0.444 e. The van der Waals surface area contributed by atoms with Crippen molar-refractivity contribution in [3.05, 3.63) is 12.2 Å². The lowest BCUT2D eigenvalue weighted by molar-refractivity contribution is 0.0188. The Morgan fingerprint density at radius 2 is 1.29 bits per heavy atom. The van der Waals surface area contributed by atoms with Gasteiger partial charge in [-0.15, -0.1) is 0 Å². The van der Waals surface area contributed by atoms with Crippen molar-refractivity contribution in [3.63, 3.8) is 0 Å². The lowest BCUT2D eigenvalue weighted by atomic mass is 9.97. The summed E-state index contributed by atoms with van der Waals surface area (Å²) in [5.74, 6) is 6.44.